The minimum Gasteiger partial charge on any atom is -0.382 e. The van der Waals surface area contributed by atoms with Gasteiger partial charge in [-0.05, 0) is 12.8 Å². The Morgan fingerprint density at radius 2 is 1.94 bits per heavy atom. The first-order chi connectivity index (χ1) is 7.77. The Labute approximate surface area is 94.5 Å². The van der Waals surface area contributed by atoms with Gasteiger partial charge in [-0.3, -0.25) is 4.79 Å². The van der Waals surface area contributed by atoms with E-state index in [1.54, 1.807) is 0 Å². The molecule has 0 radical (unpaired) electrons. The van der Waals surface area contributed by atoms with Gasteiger partial charge in [0, 0.05) is 18.4 Å². The minimum absolute atomic E-state index is 0.191. The van der Waals surface area contributed by atoms with Crippen LogP contribution < -0.4 is 11.1 Å². The second kappa shape index (κ2) is 4.92. The Kier molecular flexibility index (Phi) is 3.34. The number of nitrogens with two attached hydrogens (primary N) is 1. The maximum Gasteiger partial charge on any atom is 0.273 e. The molecule has 0 aromatic carbocycles. The molecule has 0 unspecified atom stereocenters. The summed E-state index contributed by atoms with van der Waals surface area (Å²) in [7, 11) is 0. The lowest BCUT2D eigenvalue weighted by Crippen LogP contribution is -2.37. The molecule has 1 aromatic rings. The molecule has 0 saturated heterocycles. The van der Waals surface area contributed by atoms with E-state index in [2.05, 4.69) is 15.3 Å². The number of amides is 1. The lowest BCUT2D eigenvalue weighted by Gasteiger charge is -2.22. The standard InChI is InChI=1S/C11H16N4O/c12-10-9(13-6-7-14-10)11(16)15-8-4-2-1-3-5-8/h6-8H,1-5H2,(H2,12,14)(H,15,16). The molecule has 1 saturated carbocycles. The van der Waals surface area contributed by atoms with E-state index >= 15 is 0 Å². The fourth-order valence-corrected chi connectivity index (χ4v) is 2.02. The average molecular weight is 220 g/mol. The Morgan fingerprint density at radius 3 is 2.62 bits per heavy atom. The van der Waals surface area contributed by atoms with Crippen molar-refractivity contribution in [1.29, 1.82) is 0 Å². The van der Waals surface area contributed by atoms with E-state index < -0.39 is 0 Å². The Hall–Kier alpha value is -1.65. The summed E-state index contributed by atoms with van der Waals surface area (Å²) in [6, 6.07) is 0.266. The molecule has 1 amide bonds. The number of carbonyl (C=O) groups excluding carboxylic acids is 1. The zero-order chi connectivity index (χ0) is 11.4. The maximum atomic E-state index is 11.8. The van der Waals surface area contributed by atoms with Crippen LogP contribution in [-0.4, -0.2) is 21.9 Å². The summed E-state index contributed by atoms with van der Waals surface area (Å²) in [5.41, 5.74) is 5.82. The van der Waals surface area contributed by atoms with Crippen LogP contribution in [0.25, 0.3) is 0 Å². The summed E-state index contributed by atoms with van der Waals surface area (Å²) in [5.74, 6) is -0.0201. The van der Waals surface area contributed by atoms with E-state index in [0.29, 0.717) is 0 Å². The van der Waals surface area contributed by atoms with Crippen molar-refractivity contribution in [2.24, 2.45) is 0 Å². The highest BCUT2D eigenvalue weighted by Gasteiger charge is 2.18. The van der Waals surface area contributed by atoms with E-state index in [0.717, 1.165) is 12.8 Å². The molecule has 0 bridgehead atoms. The average Bonchev–Trinajstić information content (AvgIpc) is 2.31. The highest BCUT2D eigenvalue weighted by atomic mass is 16.2. The van der Waals surface area contributed by atoms with E-state index in [-0.39, 0.29) is 23.5 Å². The van der Waals surface area contributed by atoms with E-state index in [4.69, 9.17) is 5.73 Å². The van der Waals surface area contributed by atoms with Crippen molar-refractivity contribution in [1.82, 2.24) is 15.3 Å². The van der Waals surface area contributed by atoms with Crippen LogP contribution in [0.15, 0.2) is 12.4 Å². The number of rotatable bonds is 2. The van der Waals surface area contributed by atoms with Gasteiger partial charge >= 0.3 is 0 Å². The molecule has 1 aliphatic rings. The Morgan fingerprint density at radius 1 is 1.25 bits per heavy atom. The number of hydrogen-bond donors (Lipinski definition) is 2. The van der Waals surface area contributed by atoms with E-state index in [1.165, 1.54) is 31.7 Å². The molecular weight excluding hydrogens is 204 g/mol. The highest BCUT2D eigenvalue weighted by Crippen LogP contribution is 2.17. The smallest absolute Gasteiger partial charge is 0.273 e. The van der Waals surface area contributed by atoms with Gasteiger partial charge in [0.05, 0.1) is 0 Å². The molecule has 1 aliphatic carbocycles. The molecule has 1 aromatic heterocycles. The molecule has 0 aliphatic heterocycles. The van der Waals surface area contributed by atoms with Gasteiger partial charge in [-0.25, -0.2) is 9.97 Å². The molecule has 1 fully saturated rings. The van der Waals surface area contributed by atoms with Crippen LogP contribution in [0.5, 0.6) is 0 Å². The minimum atomic E-state index is -0.211. The zero-order valence-electron chi connectivity index (χ0n) is 9.15. The topological polar surface area (TPSA) is 80.9 Å². The summed E-state index contributed by atoms with van der Waals surface area (Å²) in [5, 5.41) is 2.95. The van der Waals surface area contributed by atoms with Crippen LogP contribution in [0, 0.1) is 0 Å². The molecule has 0 atom stereocenters. The number of nitrogen functional groups attached to an aromatic ring is 1. The number of nitrogens with one attached hydrogen (secondary N) is 1. The Balaban J connectivity index is 2.00. The normalized spacial score (nSPS) is 17.0. The van der Waals surface area contributed by atoms with Crippen LogP contribution in [0.2, 0.25) is 0 Å². The molecule has 5 heteroatoms. The summed E-state index contributed by atoms with van der Waals surface area (Å²) >= 11 is 0. The first-order valence-corrected chi connectivity index (χ1v) is 5.64. The number of carbonyl (C=O) groups is 1. The third-order valence-corrected chi connectivity index (χ3v) is 2.88. The molecular formula is C11H16N4O. The molecule has 86 valence electrons. The second-order valence-electron chi connectivity index (χ2n) is 4.10. The molecule has 0 spiro atoms. The third kappa shape index (κ3) is 2.48. The van der Waals surface area contributed by atoms with Crippen molar-refractivity contribution in [3.8, 4) is 0 Å². The Bertz CT molecular complexity index is 374. The summed E-state index contributed by atoms with van der Waals surface area (Å²) in [6.07, 6.45) is 8.68. The van der Waals surface area contributed by atoms with E-state index in [1.807, 2.05) is 0 Å². The molecule has 1 heterocycles. The quantitative estimate of drug-likeness (QED) is 0.782. The van der Waals surface area contributed by atoms with Crippen LogP contribution in [-0.2, 0) is 0 Å². The first-order valence-electron chi connectivity index (χ1n) is 5.64. The van der Waals surface area contributed by atoms with Gasteiger partial charge in [0.15, 0.2) is 11.5 Å². The van der Waals surface area contributed by atoms with Crippen LogP contribution in [0.1, 0.15) is 42.6 Å². The van der Waals surface area contributed by atoms with E-state index in [9.17, 15) is 4.79 Å². The van der Waals surface area contributed by atoms with Crippen LogP contribution in [0.3, 0.4) is 0 Å². The molecule has 3 N–H and O–H groups in total. The van der Waals surface area contributed by atoms with Gasteiger partial charge in [0.25, 0.3) is 5.91 Å². The zero-order valence-corrected chi connectivity index (χ0v) is 9.15. The third-order valence-electron chi connectivity index (χ3n) is 2.88. The fraction of sp³-hybridized carbons (Fsp3) is 0.545. The highest BCUT2D eigenvalue weighted by molar-refractivity contribution is 5.96. The van der Waals surface area contributed by atoms with Crippen molar-refractivity contribution < 1.29 is 4.79 Å². The predicted molar refractivity (Wildman–Crippen MR) is 60.8 cm³/mol. The van der Waals surface area contributed by atoms with Crippen molar-refractivity contribution in [2.45, 2.75) is 38.1 Å². The van der Waals surface area contributed by atoms with Gasteiger partial charge < -0.3 is 11.1 Å². The fourth-order valence-electron chi connectivity index (χ4n) is 2.02. The van der Waals surface area contributed by atoms with Crippen molar-refractivity contribution in [3.63, 3.8) is 0 Å². The van der Waals surface area contributed by atoms with Gasteiger partial charge in [-0.15, -0.1) is 0 Å². The van der Waals surface area contributed by atoms with Gasteiger partial charge in [0.1, 0.15) is 0 Å². The number of aromatic nitrogens is 2. The lowest BCUT2D eigenvalue weighted by molar-refractivity contribution is 0.0923. The van der Waals surface area contributed by atoms with Crippen molar-refractivity contribution in [2.75, 3.05) is 5.73 Å². The van der Waals surface area contributed by atoms with Crippen molar-refractivity contribution >= 4 is 11.7 Å². The molecule has 5 nitrogen and oxygen atoms in total. The number of hydrogen-bond acceptors (Lipinski definition) is 4. The molecule has 2 rings (SSSR count). The molecule has 16 heavy (non-hydrogen) atoms. The van der Waals surface area contributed by atoms with Gasteiger partial charge in [-0.1, -0.05) is 19.3 Å². The SMILES string of the molecule is Nc1nccnc1C(=O)NC1CCCCC1. The summed E-state index contributed by atoms with van der Waals surface area (Å²) in [6.45, 7) is 0. The van der Waals surface area contributed by atoms with Gasteiger partial charge in [0.2, 0.25) is 0 Å². The predicted octanol–water partition coefficient (Wildman–Crippen LogP) is 1.12. The van der Waals surface area contributed by atoms with Crippen molar-refractivity contribution in [3.05, 3.63) is 18.1 Å². The van der Waals surface area contributed by atoms with Gasteiger partial charge in [-0.2, -0.15) is 0 Å². The first kappa shape index (κ1) is 10.9. The van der Waals surface area contributed by atoms with Crippen LogP contribution >= 0.6 is 0 Å². The maximum absolute atomic E-state index is 11.8. The monoisotopic (exact) mass is 220 g/mol. The second-order valence-corrected chi connectivity index (χ2v) is 4.10. The summed E-state index contributed by atoms with van der Waals surface area (Å²) < 4.78 is 0. The lowest BCUT2D eigenvalue weighted by atomic mass is 9.95. The number of anilines is 1. The largest absolute Gasteiger partial charge is 0.382 e. The summed E-state index contributed by atoms with van der Waals surface area (Å²) in [4.78, 5) is 19.6. The number of nitrogens with zero attached hydrogens (tertiary/aromatic N) is 2. The van der Waals surface area contributed by atoms with Crippen LogP contribution in [0.4, 0.5) is 5.82 Å².